The number of hydrogen-bond donors (Lipinski definition) is 2. The maximum atomic E-state index is 14.0. The predicted molar refractivity (Wildman–Crippen MR) is 137 cm³/mol. The first kappa shape index (κ1) is 24.6. The molecular weight excluding hydrogens is 463 g/mol. The standard InChI is InChI=1S/C26H29FN6OS/c1-3-34-25-21(13-28)23(29)12-24(32-25)17(2)30-14-18-8-10-33(11-9-18)16-19-15-31-26(35-19)20-6-4-5-7-22(20)27/h4-7,12,15,18,30H,2-3,8-11,14,16H2,1H3,(H2,29,32). The van der Waals surface area contributed by atoms with Gasteiger partial charge < -0.3 is 15.8 Å². The highest BCUT2D eigenvalue weighted by molar-refractivity contribution is 7.15. The molecule has 0 saturated carbocycles. The van der Waals surface area contributed by atoms with Crippen LogP contribution in [0.2, 0.25) is 0 Å². The van der Waals surface area contributed by atoms with Gasteiger partial charge in [-0.1, -0.05) is 18.7 Å². The maximum Gasteiger partial charge on any atom is 0.234 e. The third-order valence-electron chi connectivity index (χ3n) is 6.07. The van der Waals surface area contributed by atoms with Gasteiger partial charge in [-0.25, -0.2) is 14.4 Å². The first-order valence-electron chi connectivity index (χ1n) is 11.7. The van der Waals surface area contributed by atoms with Crippen LogP contribution < -0.4 is 15.8 Å². The molecule has 1 aromatic carbocycles. The third-order valence-corrected chi connectivity index (χ3v) is 7.08. The second-order valence-electron chi connectivity index (χ2n) is 8.51. The Kier molecular flexibility index (Phi) is 7.95. The highest BCUT2D eigenvalue weighted by Gasteiger charge is 2.21. The Morgan fingerprint density at radius 2 is 2.14 bits per heavy atom. The number of thiazole rings is 1. The van der Waals surface area contributed by atoms with E-state index in [4.69, 9.17) is 10.5 Å². The van der Waals surface area contributed by atoms with Gasteiger partial charge in [0.15, 0.2) is 0 Å². The van der Waals surface area contributed by atoms with E-state index in [0.29, 0.717) is 35.2 Å². The van der Waals surface area contributed by atoms with Crippen LogP contribution in [0.1, 0.15) is 35.9 Å². The Labute approximate surface area is 209 Å². The molecule has 0 bridgehead atoms. The number of ether oxygens (including phenoxy) is 1. The van der Waals surface area contributed by atoms with Gasteiger partial charge in [0.2, 0.25) is 5.88 Å². The molecule has 0 amide bonds. The summed E-state index contributed by atoms with van der Waals surface area (Å²) in [7, 11) is 0. The lowest BCUT2D eigenvalue weighted by atomic mass is 9.96. The number of rotatable bonds is 9. The van der Waals surface area contributed by atoms with Crippen LogP contribution in [0.25, 0.3) is 16.3 Å². The fraction of sp³-hybridized carbons (Fsp3) is 0.346. The predicted octanol–water partition coefficient (Wildman–Crippen LogP) is 4.67. The summed E-state index contributed by atoms with van der Waals surface area (Å²) < 4.78 is 19.5. The summed E-state index contributed by atoms with van der Waals surface area (Å²) in [5.74, 6) is 0.513. The van der Waals surface area contributed by atoms with Gasteiger partial charge in [0.1, 0.15) is 22.5 Å². The fourth-order valence-electron chi connectivity index (χ4n) is 4.12. The van der Waals surface area contributed by atoms with Crippen LogP contribution in [0.15, 0.2) is 43.1 Å². The average molecular weight is 493 g/mol. The molecule has 7 nitrogen and oxygen atoms in total. The summed E-state index contributed by atoms with van der Waals surface area (Å²) in [6.45, 7) is 9.93. The van der Waals surface area contributed by atoms with Crippen LogP contribution in [0.4, 0.5) is 10.1 Å². The second-order valence-corrected chi connectivity index (χ2v) is 9.63. The lowest BCUT2D eigenvalue weighted by Gasteiger charge is -2.32. The molecule has 1 saturated heterocycles. The Bertz CT molecular complexity index is 1230. The molecule has 3 N–H and O–H groups in total. The van der Waals surface area contributed by atoms with Gasteiger partial charge in [0.25, 0.3) is 0 Å². The molecule has 1 aliphatic heterocycles. The Morgan fingerprint density at radius 3 is 2.86 bits per heavy atom. The number of hydrogen-bond acceptors (Lipinski definition) is 8. The van der Waals surface area contributed by atoms with E-state index in [1.807, 2.05) is 25.3 Å². The highest BCUT2D eigenvalue weighted by Crippen LogP contribution is 2.29. The van der Waals surface area contributed by atoms with E-state index in [1.54, 1.807) is 29.5 Å². The van der Waals surface area contributed by atoms with E-state index in [9.17, 15) is 9.65 Å². The van der Waals surface area contributed by atoms with Crippen molar-refractivity contribution in [3.8, 4) is 22.5 Å². The zero-order chi connectivity index (χ0) is 24.8. The van der Waals surface area contributed by atoms with Crippen LogP contribution in [-0.4, -0.2) is 41.1 Å². The Balaban J connectivity index is 1.27. The maximum absolute atomic E-state index is 14.0. The van der Waals surface area contributed by atoms with Gasteiger partial charge in [-0.3, -0.25) is 4.90 Å². The SMILES string of the molecule is C=C(NCC1CCN(Cc2cnc(-c3ccccc3F)s2)CC1)c1cc(N)c(C#N)c(OCC)n1. The Hall–Kier alpha value is -3.48. The molecular formula is C26H29FN6OS. The fourth-order valence-corrected chi connectivity index (χ4v) is 5.10. The minimum absolute atomic E-state index is 0.238. The van der Waals surface area contributed by atoms with Gasteiger partial charge in [-0.2, -0.15) is 5.26 Å². The van der Waals surface area contributed by atoms with Gasteiger partial charge >= 0.3 is 0 Å². The molecule has 9 heteroatoms. The van der Waals surface area contributed by atoms with Crippen LogP contribution in [0, 0.1) is 23.1 Å². The normalized spacial score (nSPS) is 14.4. The van der Waals surface area contributed by atoms with Crippen molar-refractivity contribution >= 4 is 22.7 Å². The number of nitrogens with one attached hydrogen (secondary N) is 1. The first-order chi connectivity index (χ1) is 17.0. The number of likely N-dealkylation sites (tertiary alicyclic amines) is 1. The van der Waals surface area contributed by atoms with E-state index in [-0.39, 0.29) is 17.3 Å². The van der Waals surface area contributed by atoms with Crippen LogP contribution in [0.5, 0.6) is 5.88 Å². The summed E-state index contributed by atoms with van der Waals surface area (Å²) in [6, 6.07) is 10.5. The molecule has 0 atom stereocenters. The van der Waals surface area contributed by atoms with Crippen LogP contribution in [0.3, 0.4) is 0 Å². The number of piperidine rings is 1. The molecule has 0 unspecified atom stereocenters. The van der Waals surface area contributed by atoms with Crippen molar-refractivity contribution in [2.24, 2.45) is 5.92 Å². The van der Waals surface area contributed by atoms with E-state index in [2.05, 4.69) is 26.8 Å². The summed E-state index contributed by atoms with van der Waals surface area (Å²) in [6.07, 6.45) is 3.98. The average Bonchev–Trinajstić information content (AvgIpc) is 3.32. The van der Waals surface area contributed by atoms with Crippen molar-refractivity contribution in [3.05, 3.63) is 65.1 Å². The largest absolute Gasteiger partial charge is 0.477 e. The van der Waals surface area contributed by atoms with Crippen LogP contribution in [-0.2, 0) is 6.54 Å². The lowest BCUT2D eigenvalue weighted by Crippen LogP contribution is -2.36. The van der Waals surface area contributed by atoms with Gasteiger partial charge in [0, 0.05) is 29.7 Å². The number of nitriles is 1. The van der Waals surface area contributed by atoms with Crippen LogP contribution >= 0.6 is 11.3 Å². The molecule has 0 aliphatic carbocycles. The monoisotopic (exact) mass is 492 g/mol. The van der Waals surface area contributed by atoms with Crippen molar-refractivity contribution < 1.29 is 9.13 Å². The topological polar surface area (TPSA) is 100 Å². The minimum Gasteiger partial charge on any atom is -0.477 e. The molecule has 1 fully saturated rings. The molecule has 4 rings (SSSR count). The van der Waals surface area contributed by atoms with Gasteiger partial charge in [-0.15, -0.1) is 11.3 Å². The van der Waals surface area contributed by atoms with E-state index < -0.39 is 0 Å². The minimum atomic E-state index is -0.240. The third kappa shape index (κ3) is 5.96. The number of aromatic nitrogens is 2. The summed E-state index contributed by atoms with van der Waals surface area (Å²) >= 11 is 1.55. The second kappa shape index (κ2) is 11.3. The molecule has 3 aromatic rings. The smallest absolute Gasteiger partial charge is 0.234 e. The number of halogens is 1. The molecule has 1 aliphatic rings. The van der Waals surface area contributed by atoms with Crippen molar-refractivity contribution in [2.45, 2.75) is 26.3 Å². The zero-order valence-corrected chi connectivity index (χ0v) is 20.6. The van der Waals surface area contributed by atoms with Crippen molar-refractivity contribution in [3.63, 3.8) is 0 Å². The number of anilines is 1. The summed E-state index contributed by atoms with van der Waals surface area (Å²) in [5.41, 5.74) is 8.40. The molecule has 35 heavy (non-hydrogen) atoms. The number of benzene rings is 1. The number of nitrogens with zero attached hydrogens (tertiary/aromatic N) is 4. The molecule has 182 valence electrons. The summed E-state index contributed by atoms with van der Waals surface area (Å²) in [5, 5.41) is 13.4. The van der Waals surface area contributed by atoms with Crippen molar-refractivity contribution in [1.82, 2.24) is 20.2 Å². The van der Waals surface area contributed by atoms with E-state index >= 15 is 0 Å². The zero-order valence-electron chi connectivity index (χ0n) is 19.8. The number of pyridine rings is 1. The van der Waals surface area contributed by atoms with E-state index in [1.165, 1.54) is 6.07 Å². The van der Waals surface area contributed by atoms with Crippen molar-refractivity contribution in [2.75, 3.05) is 32.0 Å². The molecule has 3 heterocycles. The number of nitrogen functional groups attached to an aromatic ring is 1. The van der Waals surface area contributed by atoms with E-state index in [0.717, 1.165) is 48.9 Å². The van der Waals surface area contributed by atoms with Gasteiger partial charge in [0.05, 0.1) is 23.7 Å². The lowest BCUT2D eigenvalue weighted by molar-refractivity contribution is 0.179. The first-order valence-corrected chi connectivity index (χ1v) is 12.5. The summed E-state index contributed by atoms with van der Waals surface area (Å²) in [4.78, 5) is 12.4. The van der Waals surface area contributed by atoms with Crippen molar-refractivity contribution in [1.29, 1.82) is 5.26 Å². The Morgan fingerprint density at radius 1 is 1.37 bits per heavy atom. The van der Waals surface area contributed by atoms with Gasteiger partial charge in [-0.05, 0) is 57.0 Å². The highest BCUT2D eigenvalue weighted by atomic mass is 32.1. The molecule has 0 spiro atoms. The quantitative estimate of drug-likeness (QED) is 0.448. The molecule has 2 aromatic heterocycles. The number of nitrogens with two attached hydrogens (primary N) is 1. The molecule has 0 radical (unpaired) electrons.